The SMILES string of the molecule is C=CCS(=O)(=O)N1CCC2C(=O)OC(=O)C2C1. The lowest BCUT2D eigenvalue weighted by molar-refractivity contribution is -0.153. The van der Waals surface area contributed by atoms with Gasteiger partial charge < -0.3 is 4.74 Å². The number of nitrogens with zero attached hydrogens (tertiary/aromatic N) is 1. The van der Waals surface area contributed by atoms with Crippen molar-refractivity contribution in [3.05, 3.63) is 12.7 Å². The fourth-order valence-electron chi connectivity index (χ4n) is 2.20. The van der Waals surface area contributed by atoms with E-state index in [2.05, 4.69) is 11.3 Å². The molecular formula is C10H13NO5S. The molecule has 17 heavy (non-hydrogen) atoms. The molecule has 7 heteroatoms. The monoisotopic (exact) mass is 259 g/mol. The summed E-state index contributed by atoms with van der Waals surface area (Å²) in [5, 5.41) is 0. The van der Waals surface area contributed by atoms with E-state index in [1.54, 1.807) is 0 Å². The van der Waals surface area contributed by atoms with Crippen LogP contribution in [0.15, 0.2) is 12.7 Å². The Morgan fingerprint density at radius 2 is 2.00 bits per heavy atom. The van der Waals surface area contributed by atoms with Gasteiger partial charge in [0, 0.05) is 13.1 Å². The first-order valence-corrected chi connectivity index (χ1v) is 6.91. The van der Waals surface area contributed by atoms with Crippen LogP contribution in [0.5, 0.6) is 0 Å². The van der Waals surface area contributed by atoms with Crippen molar-refractivity contribution in [3.8, 4) is 0 Å². The van der Waals surface area contributed by atoms with E-state index in [4.69, 9.17) is 0 Å². The number of carbonyl (C=O) groups is 2. The lowest BCUT2D eigenvalue weighted by atomic mass is 9.89. The first kappa shape index (κ1) is 12.3. The zero-order chi connectivity index (χ0) is 12.6. The summed E-state index contributed by atoms with van der Waals surface area (Å²) in [4.78, 5) is 22.6. The summed E-state index contributed by atoms with van der Waals surface area (Å²) in [5.74, 6) is -2.42. The van der Waals surface area contributed by atoms with Crippen LogP contribution in [0.25, 0.3) is 0 Å². The molecule has 0 aromatic rings. The van der Waals surface area contributed by atoms with Gasteiger partial charge in [0.25, 0.3) is 0 Å². The normalized spacial score (nSPS) is 29.9. The molecule has 2 aliphatic rings. The Balaban J connectivity index is 2.15. The number of hydrogen-bond acceptors (Lipinski definition) is 5. The number of sulfonamides is 1. The van der Waals surface area contributed by atoms with Gasteiger partial charge in [-0.15, -0.1) is 6.58 Å². The predicted octanol–water partition coefficient (Wildman–Crippen LogP) is -0.476. The van der Waals surface area contributed by atoms with Crippen molar-refractivity contribution in [2.75, 3.05) is 18.8 Å². The van der Waals surface area contributed by atoms with E-state index in [0.29, 0.717) is 6.42 Å². The van der Waals surface area contributed by atoms with Crippen LogP contribution in [0.2, 0.25) is 0 Å². The minimum Gasteiger partial charge on any atom is -0.393 e. The van der Waals surface area contributed by atoms with Gasteiger partial charge in [0.2, 0.25) is 10.0 Å². The summed E-state index contributed by atoms with van der Waals surface area (Å²) in [5.41, 5.74) is 0. The molecule has 2 atom stereocenters. The largest absolute Gasteiger partial charge is 0.393 e. The number of piperidine rings is 1. The fraction of sp³-hybridized carbons (Fsp3) is 0.600. The summed E-state index contributed by atoms with van der Waals surface area (Å²) in [6.07, 6.45) is 1.64. The van der Waals surface area contributed by atoms with E-state index in [1.165, 1.54) is 10.4 Å². The summed E-state index contributed by atoms with van der Waals surface area (Å²) >= 11 is 0. The summed E-state index contributed by atoms with van der Waals surface area (Å²) in [6, 6.07) is 0. The minimum absolute atomic E-state index is 0.0331. The van der Waals surface area contributed by atoms with E-state index in [1.807, 2.05) is 0 Å². The van der Waals surface area contributed by atoms with Gasteiger partial charge in [-0.1, -0.05) is 6.08 Å². The van der Waals surface area contributed by atoms with E-state index < -0.39 is 33.8 Å². The number of hydrogen-bond donors (Lipinski definition) is 0. The van der Waals surface area contributed by atoms with Crippen LogP contribution >= 0.6 is 0 Å². The average Bonchev–Trinajstić information content (AvgIpc) is 2.54. The average molecular weight is 259 g/mol. The highest BCUT2D eigenvalue weighted by Gasteiger charge is 2.48. The molecule has 0 aromatic heterocycles. The summed E-state index contributed by atoms with van der Waals surface area (Å²) < 4.78 is 29.3. The van der Waals surface area contributed by atoms with Gasteiger partial charge in [0.1, 0.15) is 0 Å². The highest BCUT2D eigenvalue weighted by molar-refractivity contribution is 7.89. The quantitative estimate of drug-likeness (QED) is 0.388. The second-order valence-electron chi connectivity index (χ2n) is 4.17. The van der Waals surface area contributed by atoms with Gasteiger partial charge in [0.15, 0.2) is 0 Å². The third-order valence-electron chi connectivity index (χ3n) is 3.10. The third kappa shape index (κ3) is 2.12. The van der Waals surface area contributed by atoms with Crippen molar-refractivity contribution in [1.82, 2.24) is 4.31 Å². The van der Waals surface area contributed by atoms with Gasteiger partial charge in [-0.3, -0.25) is 9.59 Å². The summed E-state index contributed by atoms with van der Waals surface area (Å²) in [6.45, 7) is 3.67. The van der Waals surface area contributed by atoms with Crippen LogP contribution in [-0.4, -0.2) is 43.5 Å². The Morgan fingerprint density at radius 1 is 1.35 bits per heavy atom. The molecule has 0 bridgehead atoms. The number of ether oxygens (including phenoxy) is 1. The molecule has 2 heterocycles. The first-order chi connectivity index (χ1) is 7.95. The predicted molar refractivity (Wildman–Crippen MR) is 58.3 cm³/mol. The van der Waals surface area contributed by atoms with Crippen LogP contribution < -0.4 is 0 Å². The van der Waals surface area contributed by atoms with Crippen molar-refractivity contribution in [1.29, 1.82) is 0 Å². The van der Waals surface area contributed by atoms with E-state index in [-0.39, 0.29) is 18.8 Å². The highest BCUT2D eigenvalue weighted by Crippen LogP contribution is 2.32. The molecule has 0 aliphatic carbocycles. The molecule has 2 fully saturated rings. The van der Waals surface area contributed by atoms with E-state index in [9.17, 15) is 18.0 Å². The molecule has 2 saturated heterocycles. The van der Waals surface area contributed by atoms with Crippen molar-refractivity contribution in [2.24, 2.45) is 11.8 Å². The fourth-order valence-corrected chi connectivity index (χ4v) is 3.48. The van der Waals surface area contributed by atoms with Crippen LogP contribution in [0.4, 0.5) is 0 Å². The van der Waals surface area contributed by atoms with Crippen molar-refractivity contribution < 1.29 is 22.7 Å². The molecule has 0 aromatic carbocycles. The Hall–Kier alpha value is -1.21. The second kappa shape index (κ2) is 4.23. The van der Waals surface area contributed by atoms with Gasteiger partial charge in [-0.2, -0.15) is 0 Å². The standard InChI is InChI=1S/C10H13NO5S/c1-2-5-17(14,15)11-4-3-7-8(6-11)10(13)16-9(7)12/h2,7-8H,1,3-6H2. The van der Waals surface area contributed by atoms with Crippen molar-refractivity contribution in [3.63, 3.8) is 0 Å². The molecule has 94 valence electrons. The maximum Gasteiger partial charge on any atom is 0.318 e. The molecule has 0 saturated carbocycles. The lowest BCUT2D eigenvalue weighted by Gasteiger charge is -2.30. The number of esters is 2. The molecule has 2 aliphatic heterocycles. The Labute approximate surface area is 99.3 Å². The van der Waals surface area contributed by atoms with E-state index >= 15 is 0 Å². The zero-order valence-electron chi connectivity index (χ0n) is 9.16. The first-order valence-electron chi connectivity index (χ1n) is 5.30. The summed E-state index contributed by atoms with van der Waals surface area (Å²) in [7, 11) is -3.42. The molecule has 2 unspecified atom stereocenters. The number of rotatable bonds is 3. The third-order valence-corrected chi connectivity index (χ3v) is 4.88. The molecule has 2 rings (SSSR count). The van der Waals surface area contributed by atoms with Crippen molar-refractivity contribution in [2.45, 2.75) is 6.42 Å². The van der Waals surface area contributed by atoms with E-state index in [0.717, 1.165) is 0 Å². The molecule has 6 nitrogen and oxygen atoms in total. The van der Waals surface area contributed by atoms with Crippen LogP contribution in [0.3, 0.4) is 0 Å². The molecule has 0 N–H and O–H groups in total. The topological polar surface area (TPSA) is 80.8 Å². The number of cyclic esters (lactones) is 2. The maximum absolute atomic E-state index is 11.8. The Bertz CT molecular complexity index is 469. The number of carbonyl (C=O) groups excluding carboxylic acids is 2. The van der Waals surface area contributed by atoms with Gasteiger partial charge >= 0.3 is 11.9 Å². The molecule has 0 radical (unpaired) electrons. The van der Waals surface area contributed by atoms with Gasteiger partial charge in [0.05, 0.1) is 17.6 Å². The van der Waals surface area contributed by atoms with Crippen LogP contribution in [0, 0.1) is 11.8 Å². The van der Waals surface area contributed by atoms with Gasteiger partial charge in [-0.25, -0.2) is 12.7 Å². The Kier molecular flexibility index (Phi) is 3.05. The maximum atomic E-state index is 11.8. The Morgan fingerprint density at radius 3 is 2.65 bits per heavy atom. The zero-order valence-corrected chi connectivity index (χ0v) is 9.98. The lowest BCUT2D eigenvalue weighted by Crippen LogP contribution is -2.45. The molecule has 0 amide bonds. The highest BCUT2D eigenvalue weighted by atomic mass is 32.2. The minimum atomic E-state index is -3.42. The van der Waals surface area contributed by atoms with Gasteiger partial charge in [-0.05, 0) is 6.42 Å². The second-order valence-corrected chi connectivity index (χ2v) is 6.18. The number of fused-ring (bicyclic) bond motifs is 1. The van der Waals surface area contributed by atoms with Crippen LogP contribution in [0.1, 0.15) is 6.42 Å². The van der Waals surface area contributed by atoms with Crippen molar-refractivity contribution >= 4 is 22.0 Å². The van der Waals surface area contributed by atoms with Crippen LogP contribution in [-0.2, 0) is 24.3 Å². The molecular weight excluding hydrogens is 246 g/mol. The molecule has 0 spiro atoms. The smallest absolute Gasteiger partial charge is 0.318 e.